The molecule has 0 aliphatic heterocycles. The number of imidazole rings is 1. The first-order valence-electron chi connectivity index (χ1n) is 9.27. The van der Waals surface area contributed by atoms with Crippen LogP contribution in [0.2, 0.25) is 0 Å². The summed E-state index contributed by atoms with van der Waals surface area (Å²) in [5, 5.41) is 0. The van der Waals surface area contributed by atoms with Gasteiger partial charge in [0, 0.05) is 30.5 Å². The number of benzene rings is 2. The van der Waals surface area contributed by atoms with E-state index in [1.54, 1.807) is 7.11 Å². The molecule has 0 bridgehead atoms. The molecule has 0 aliphatic carbocycles. The maximum Gasteiger partial charge on any atom is 0.137 e. The van der Waals surface area contributed by atoms with Crippen LogP contribution in [0, 0.1) is 0 Å². The Labute approximate surface area is 165 Å². The Balaban J connectivity index is 1.75. The molecule has 142 valence electrons. The largest absolute Gasteiger partial charge is 0.497 e. The molecule has 0 radical (unpaired) electrons. The Bertz CT molecular complexity index is 1090. The summed E-state index contributed by atoms with van der Waals surface area (Å²) in [6.45, 7) is 1.60. The normalized spacial score (nSPS) is 11.2. The van der Waals surface area contributed by atoms with Gasteiger partial charge in [-0.15, -0.1) is 0 Å². The standard InChI is InChI=1S/C23H24N4O/c1-26(14-17-7-4-3-5-8-17)16-21-23(18-9-6-10-20(13-18)28-2)25-22-12-11-19(24)15-27(21)22/h3-13,15H,14,16,24H2,1-2H3. The highest BCUT2D eigenvalue weighted by Gasteiger charge is 2.16. The van der Waals surface area contributed by atoms with Crippen molar-refractivity contribution in [3.63, 3.8) is 0 Å². The summed E-state index contributed by atoms with van der Waals surface area (Å²) in [7, 11) is 3.80. The van der Waals surface area contributed by atoms with Crippen LogP contribution >= 0.6 is 0 Å². The molecule has 0 spiro atoms. The molecular formula is C23H24N4O. The number of nitrogens with two attached hydrogens (primary N) is 1. The zero-order chi connectivity index (χ0) is 19.5. The van der Waals surface area contributed by atoms with Crippen LogP contribution in [0.25, 0.3) is 16.9 Å². The lowest BCUT2D eigenvalue weighted by atomic mass is 10.1. The van der Waals surface area contributed by atoms with Crippen molar-refractivity contribution in [1.29, 1.82) is 0 Å². The maximum absolute atomic E-state index is 6.06. The number of hydrogen-bond donors (Lipinski definition) is 1. The third-order valence-corrected chi connectivity index (χ3v) is 4.80. The van der Waals surface area contributed by atoms with Crippen LogP contribution in [0.5, 0.6) is 5.75 Å². The quantitative estimate of drug-likeness (QED) is 0.550. The van der Waals surface area contributed by atoms with Crippen molar-refractivity contribution in [2.24, 2.45) is 0 Å². The third kappa shape index (κ3) is 3.70. The molecule has 2 heterocycles. The average Bonchev–Trinajstić information content (AvgIpc) is 3.06. The van der Waals surface area contributed by atoms with Crippen molar-refractivity contribution in [3.05, 3.63) is 84.2 Å². The van der Waals surface area contributed by atoms with Crippen LogP contribution in [0.4, 0.5) is 5.69 Å². The molecule has 5 nitrogen and oxygen atoms in total. The van der Waals surface area contributed by atoms with Crippen LogP contribution in [0.15, 0.2) is 72.9 Å². The fourth-order valence-corrected chi connectivity index (χ4v) is 3.47. The molecule has 4 rings (SSSR count). The minimum absolute atomic E-state index is 0.717. The van der Waals surface area contributed by atoms with Crippen LogP contribution in [0.3, 0.4) is 0 Å². The molecular weight excluding hydrogens is 348 g/mol. The SMILES string of the molecule is COc1cccc(-c2nc3ccc(N)cn3c2CN(C)Cc2ccccc2)c1. The van der Waals surface area contributed by atoms with E-state index in [9.17, 15) is 0 Å². The Hall–Kier alpha value is -3.31. The molecule has 0 saturated carbocycles. The van der Waals surface area contributed by atoms with Crippen molar-refractivity contribution in [3.8, 4) is 17.0 Å². The Kier molecular flexibility index (Phi) is 5.00. The minimum atomic E-state index is 0.717. The van der Waals surface area contributed by atoms with Crippen molar-refractivity contribution in [1.82, 2.24) is 14.3 Å². The van der Waals surface area contributed by atoms with Gasteiger partial charge in [0.1, 0.15) is 11.4 Å². The summed E-state index contributed by atoms with van der Waals surface area (Å²) in [6, 6.07) is 22.3. The highest BCUT2D eigenvalue weighted by atomic mass is 16.5. The molecule has 0 saturated heterocycles. The number of pyridine rings is 1. The number of nitrogens with zero attached hydrogens (tertiary/aromatic N) is 3. The van der Waals surface area contributed by atoms with Gasteiger partial charge in [-0.3, -0.25) is 4.90 Å². The summed E-state index contributed by atoms with van der Waals surface area (Å²) in [5.41, 5.74) is 12.0. The Morgan fingerprint density at radius 2 is 1.82 bits per heavy atom. The number of anilines is 1. The predicted octanol–water partition coefficient (Wildman–Crippen LogP) is 4.22. The van der Waals surface area contributed by atoms with Gasteiger partial charge < -0.3 is 14.9 Å². The summed E-state index contributed by atoms with van der Waals surface area (Å²) in [5.74, 6) is 0.817. The van der Waals surface area contributed by atoms with E-state index in [1.807, 2.05) is 42.6 Å². The van der Waals surface area contributed by atoms with E-state index >= 15 is 0 Å². The van der Waals surface area contributed by atoms with Gasteiger partial charge in [0.05, 0.1) is 18.5 Å². The summed E-state index contributed by atoms with van der Waals surface area (Å²) >= 11 is 0. The molecule has 0 atom stereocenters. The lowest BCUT2D eigenvalue weighted by Crippen LogP contribution is -2.18. The summed E-state index contributed by atoms with van der Waals surface area (Å²) in [4.78, 5) is 7.17. The molecule has 28 heavy (non-hydrogen) atoms. The second kappa shape index (κ2) is 7.74. The Morgan fingerprint density at radius 1 is 1.00 bits per heavy atom. The van der Waals surface area contributed by atoms with Crippen molar-refractivity contribution < 1.29 is 4.74 Å². The smallest absolute Gasteiger partial charge is 0.137 e. The number of methoxy groups -OCH3 is 1. The number of hydrogen-bond acceptors (Lipinski definition) is 4. The van der Waals surface area contributed by atoms with Crippen LogP contribution in [-0.2, 0) is 13.1 Å². The highest BCUT2D eigenvalue weighted by Crippen LogP contribution is 2.29. The van der Waals surface area contributed by atoms with Crippen molar-refractivity contribution in [2.75, 3.05) is 19.9 Å². The van der Waals surface area contributed by atoms with Gasteiger partial charge in [-0.05, 0) is 36.9 Å². The monoisotopic (exact) mass is 372 g/mol. The maximum atomic E-state index is 6.06. The van der Waals surface area contributed by atoms with Crippen molar-refractivity contribution in [2.45, 2.75) is 13.1 Å². The fourth-order valence-electron chi connectivity index (χ4n) is 3.47. The van der Waals surface area contributed by atoms with E-state index in [2.05, 4.69) is 46.7 Å². The predicted molar refractivity (Wildman–Crippen MR) is 113 cm³/mol. The lowest BCUT2D eigenvalue weighted by Gasteiger charge is -2.18. The number of aromatic nitrogens is 2. The van der Waals surface area contributed by atoms with Crippen LogP contribution in [0.1, 0.15) is 11.3 Å². The molecule has 0 unspecified atom stereocenters. The zero-order valence-electron chi connectivity index (χ0n) is 16.2. The van der Waals surface area contributed by atoms with Gasteiger partial charge in [0.25, 0.3) is 0 Å². The molecule has 2 aromatic heterocycles. The van der Waals surface area contributed by atoms with Crippen LogP contribution < -0.4 is 10.5 Å². The molecule has 4 aromatic rings. The van der Waals surface area contributed by atoms with E-state index in [0.717, 1.165) is 41.4 Å². The third-order valence-electron chi connectivity index (χ3n) is 4.80. The van der Waals surface area contributed by atoms with E-state index < -0.39 is 0 Å². The molecule has 2 N–H and O–H groups in total. The number of rotatable bonds is 6. The first-order chi connectivity index (χ1) is 13.6. The molecule has 5 heteroatoms. The van der Waals surface area contributed by atoms with Gasteiger partial charge >= 0.3 is 0 Å². The lowest BCUT2D eigenvalue weighted by molar-refractivity contribution is 0.314. The first-order valence-corrected chi connectivity index (χ1v) is 9.27. The minimum Gasteiger partial charge on any atom is -0.497 e. The van der Waals surface area contributed by atoms with E-state index in [4.69, 9.17) is 15.5 Å². The van der Waals surface area contributed by atoms with Gasteiger partial charge in [-0.1, -0.05) is 42.5 Å². The summed E-state index contributed by atoms with van der Waals surface area (Å²) < 4.78 is 7.49. The number of nitrogen functional groups attached to an aromatic ring is 1. The van der Waals surface area contributed by atoms with E-state index in [1.165, 1.54) is 5.56 Å². The Morgan fingerprint density at radius 3 is 2.61 bits per heavy atom. The summed E-state index contributed by atoms with van der Waals surface area (Å²) in [6.07, 6.45) is 1.94. The molecule has 0 amide bonds. The molecule has 2 aromatic carbocycles. The fraction of sp³-hybridized carbons (Fsp3) is 0.174. The van der Waals surface area contributed by atoms with Crippen LogP contribution in [-0.4, -0.2) is 28.4 Å². The van der Waals surface area contributed by atoms with Gasteiger partial charge in [-0.25, -0.2) is 4.98 Å². The van der Waals surface area contributed by atoms with Gasteiger partial charge in [0.2, 0.25) is 0 Å². The van der Waals surface area contributed by atoms with Crippen molar-refractivity contribution >= 4 is 11.3 Å². The van der Waals surface area contributed by atoms with E-state index in [-0.39, 0.29) is 0 Å². The second-order valence-corrected chi connectivity index (χ2v) is 6.99. The topological polar surface area (TPSA) is 55.8 Å². The first kappa shape index (κ1) is 18.1. The number of ether oxygens (including phenoxy) is 1. The molecule has 0 aliphatic rings. The van der Waals surface area contributed by atoms with Gasteiger partial charge in [0.15, 0.2) is 0 Å². The average molecular weight is 372 g/mol. The molecule has 0 fully saturated rings. The van der Waals surface area contributed by atoms with E-state index in [0.29, 0.717) is 5.69 Å². The zero-order valence-corrected chi connectivity index (χ0v) is 16.2. The second-order valence-electron chi connectivity index (χ2n) is 6.99. The van der Waals surface area contributed by atoms with Gasteiger partial charge in [-0.2, -0.15) is 0 Å². The number of fused-ring (bicyclic) bond motifs is 1. The highest BCUT2D eigenvalue weighted by molar-refractivity contribution is 5.68.